The van der Waals surface area contributed by atoms with Gasteiger partial charge in [0.25, 0.3) is 0 Å². The predicted molar refractivity (Wildman–Crippen MR) is 209 cm³/mol. The standard InChI is InChI=1S/C46H36B2/c1-45(2)33-13-5-9-17-39(33)47(40-18-10-6-14-34(40)45)37-27-23-29-22-26-32-38(28-24-30-21-25-31(37)43(29)44(30)32)48-41-19-11-7-15-35(41)46(3,4)36-16-8-12-20-42(36)48/h5-28H,1-4H3. The van der Waals surface area contributed by atoms with E-state index in [0.29, 0.717) is 0 Å². The molecular weight excluding hydrogens is 574 g/mol. The molecule has 0 atom stereocenters. The molecule has 0 fully saturated rings. The number of fused-ring (bicyclic) bond motifs is 4. The van der Waals surface area contributed by atoms with Crippen LogP contribution in [-0.4, -0.2) is 13.4 Å². The first kappa shape index (κ1) is 28.0. The Hall–Kier alpha value is -5.07. The number of rotatable bonds is 2. The van der Waals surface area contributed by atoms with E-state index < -0.39 is 0 Å². The third-order valence-electron chi connectivity index (χ3n) is 12.1. The van der Waals surface area contributed by atoms with Crippen molar-refractivity contribution in [1.82, 2.24) is 0 Å². The van der Waals surface area contributed by atoms with Crippen molar-refractivity contribution in [3.05, 3.63) is 168 Å². The maximum absolute atomic E-state index is 2.41. The molecule has 0 aliphatic carbocycles. The summed E-state index contributed by atoms with van der Waals surface area (Å²) in [5.74, 6) is 0. The summed E-state index contributed by atoms with van der Waals surface area (Å²) in [5, 5.41) is 8.13. The van der Waals surface area contributed by atoms with E-state index >= 15 is 0 Å². The minimum absolute atomic E-state index is 0.0521. The van der Waals surface area contributed by atoms with E-state index in [2.05, 4.69) is 173 Å². The molecule has 2 heteroatoms. The minimum Gasteiger partial charge on any atom is -0.0667 e. The Bertz CT molecular complexity index is 2310. The first-order chi connectivity index (χ1) is 23.4. The van der Waals surface area contributed by atoms with Crippen LogP contribution in [0.5, 0.6) is 0 Å². The van der Waals surface area contributed by atoms with Gasteiger partial charge in [-0.15, -0.1) is 0 Å². The first-order valence-electron chi connectivity index (χ1n) is 17.4. The zero-order valence-corrected chi connectivity index (χ0v) is 28.0. The van der Waals surface area contributed by atoms with E-state index in [-0.39, 0.29) is 24.3 Å². The van der Waals surface area contributed by atoms with Crippen LogP contribution in [0.25, 0.3) is 32.3 Å². The molecule has 0 unspecified atom stereocenters. The van der Waals surface area contributed by atoms with Crippen molar-refractivity contribution >= 4 is 78.5 Å². The van der Waals surface area contributed by atoms with Gasteiger partial charge >= 0.3 is 0 Å². The zero-order chi connectivity index (χ0) is 32.4. The molecule has 10 rings (SSSR count). The van der Waals surface area contributed by atoms with Crippen LogP contribution in [0, 0.1) is 0 Å². The molecule has 0 saturated heterocycles. The molecule has 0 saturated carbocycles. The summed E-state index contributed by atoms with van der Waals surface area (Å²) in [6, 6.07) is 55.7. The van der Waals surface area contributed by atoms with Gasteiger partial charge in [-0.05, 0) is 54.6 Å². The molecule has 0 N–H and O–H groups in total. The number of hydrogen-bond acceptors (Lipinski definition) is 0. The Labute approximate surface area is 284 Å². The topological polar surface area (TPSA) is 0 Å². The van der Waals surface area contributed by atoms with Crippen molar-refractivity contribution in [2.75, 3.05) is 0 Å². The van der Waals surface area contributed by atoms with Crippen LogP contribution >= 0.6 is 0 Å². The Morgan fingerprint density at radius 2 is 0.604 bits per heavy atom. The lowest BCUT2D eigenvalue weighted by Gasteiger charge is -2.39. The number of hydrogen-bond donors (Lipinski definition) is 0. The summed E-state index contributed by atoms with van der Waals surface area (Å²) in [6.45, 7) is 9.89. The van der Waals surface area contributed by atoms with Gasteiger partial charge in [0.1, 0.15) is 0 Å². The van der Waals surface area contributed by atoms with E-state index in [0.717, 1.165) is 0 Å². The maximum Gasteiger partial charge on any atom is 0.242 e. The Balaban J connectivity index is 1.26. The van der Waals surface area contributed by atoms with Crippen LogP contribution in [-0.2, 0) is 10.8 Å². The van der Waals surface area contributed by atoms with E-state index in [4.69, 9.17) is 0 Å². The fraction of sp³-hybridized carbons (Fsp3) is 0.130. The lowest BCUT2D eigenvalue weighted by atomic mass is 9.31. The Kier molecular flexibility index (Phi) is 5.68. The molecule has 0 radical (unpaired) electrons. The molecule has 2 aliphatic rings. The molecule has 2 heterocycles. The fourth-order valence-corrected chi connectivity index (χ4v) is 9.92. The lowest BCUT2D eigenvalue weighted by molar-refractivity contribution is 0.646. The zero-order valence-electron chi connectivity index (χ0n) is 28.0. The molecule has 8 aromatic rings. The van der Waals surface area contributed by atoms with Gasteiger partial charge in [0.15, 0.2) is 0 Å². The molecule has 48 heavy (non-hydrogen) atoms. The molecule has 0 nitrogen and oxygen atoms in total. The largest absolute Gasteiger partial charge is 0.242 e. The summed E-state index contributed by atoms with van der Waals surface area (Å²) in [5.41, 5.74) is 14.1. The van der Waals surface area contributed by atoms with Crippen LogP contribution < -0.4 is 32.8 Å². The van der Waals surface area contributed by atoms with Crippen LogP contribution in [0.15, 0.2) is 146 Å². The third kappa shape index (κ3) is 3.58. The van der Waals surface area contributed by atoms with Crippen molar-refractivity contribution in [3.63, 3.8) is 0 Å². The van der Waals surface area contributed by atoms with Crippen LogP contribution in [0.4, 0.5) is 0 Å². The average molecular weight is 610 g/mol. The van der Waals surface area contributed by atoms with Crippen molar-refractivity contribution in [2.24, 2.45) is 0 Å². The summed E-state index contributed by atoms with van der Waals surface area (Å²) >= 11 is 0. The fourth-order valence-electron chi connectivity index (χ4n) is 9.92. The van der Waals surface area contributed by atoms with Gasteiger partial charge in [0, 0.05) is 10.8 Å². The molecule has 0 amide bonds. The maximum atomic E-state index is 2.41. The van der Waals surface area contributed by atoms with Crippen molar-refractivity contribution in [1.29, 1.82) is 0 Å². The van der Waals surface area contributed by atoms with Gasteiger partial charge in [-0.3, -0.25) is 0 Å². The van der Waals surface area contributed by atoms with Gasteiger partial charge in [0.2, 0.25) is 13.4 Å². The molecule has 2 aliphatic heterocycles. The highest BCUT2D eigenvalue weighted by molar-refractivity contribution is 6.99. The highest BCUT2D eigenvalue weighted by atomic mass is 14.3. The SMILES string of the molecule is CC1(C)c2ccccc2B(c2ccc3ccc4c(B5c6ccccc6C(C)(C)c6ccccc65)ccc5ccc2c3c54)c2ccccc21. The van der Waals surface area contributed by atoms with Gasteiger partial charge in [-0.2, -0.15) is 0 Å². The molecule has 226 valence electrons. The summed E-state index contributed by atoms with van der Waals surface area (Å²) < 4.78 is 0. The summed E-state index contributed by atoms with van der Waals surface area (Å²) in [4.78, 5) is 0. The summed E-state index contributed by atoms with van der Waals surface area (Å²) in [7, 11) is 0. The molecule has 0 bridgehead atoms. The van der Waals surface area contributed by atoms with E-state index in [9.17, 15) is 0 Å². The molecule has 0 spiro atoms. The Morgan fingerprint density at radius 1 is 0.312 bits per heavy atom. The van der Waals surface area contributed by atoms with Gasteiger partial charge in [-0.25, -0.2) is 0 Å². The second kappa shape index (κ2) is 9.74. The summed E-state index contributed by atoms with van der Waals surface area (Å²) in [6.07, 6.45) is 0. The van der Waals surface area contributed by atoms with Gasteiger partial charge in [-0.1, -0.05) is 206 Å². The van der Waals surface area contributed by atoms with Crippen LogP contribution in [0.3, 0.4) is 0 Å². The molecular formula is C46H36B2. The van der Waals surface area contributed by atoms with E-state index in [1.807, 2.05) is 0 Å². The van der Waals surface area contributed by atoms with E-state index in [1.54, 1.807) is 0 Å². The van der Waals surface area contributed by atoms with E-state index in [1.165, 1.54) is 87.3 Å². The third-order valence-corrected chi connectivity index (χ3v) is 12.1. The molecule has 8 aromatic carbocycles. The second-order valence-electron chi connectivity index (χ2n) is 15.2. The first-order valence-corrected chi connectivity index (χ1v) is 17.4. The highest BCUT2D eigenvalue weighted by Crippen LogP contribution is 2.37. The van der Waals surface area contributed by atoms with Gasteiger partial charge < -0.3 is 0 Å². The smallest absolute Gasteiger partial charge is 0.0667 e. The quantitative estimate of drug-likeness (QED) is 0.148. The lowest BCUT2D eigenvalue weighted by Crippen LogP contribution is -2.60. The average Bonchev–Trinajstić information content (AvgIpc) is 3.12. The normalized spacial score (nSPS) is 15.8. The Morgan fingerprint density at radius 3 is 0.938 bits per heavy atom. The van der Waals surface area contributed by atoms with Crippen molar-refractivity contribution in [2.45, 2.75) is 38.5 Å². The predicted octanol–water partition coefficient (Wildman–Crippen LogP) is 6.90. The second-order valence-corrected chi connectivity index (χ2v) is 15.2. The minimum atomic E-state index is -0.0521. The van der Waals surface area contributed by atoms with Crippen molar-refractivity contribution in [3.8, 4) is 0 Å². The van der Waals surface area contributed by atoms with Crippen LogP contribution in [0.1, 0.15) is 49.9 Å². The monoisotopic (exact) mass is 610 g/mol. The highest BCUT2D eigenvalue weighted by Gasteiger charge is 2.42. The van der Waals surface area contributed by atoms with Crippen LogP contribution in [0.2, 0.25) is 0 Å². The van der Waals surface area contributed by atoms with Gasteiger partial charge in [0.05, 0.1) is 0 Å². The van der Waals surface area contributed by atoms with Crippen molar-refractivity contribution < 1.29 is 0 Å². The number of benzene rings is 8. The molecule has 0 aromatic heterocycles.